The second-order valence-corrected chi connectivity index (χ2v) is 8.43. The van der Waals surface area contributed by atoms with Crippen molar-refractivity contribution in [2.75, 3.05) is 6.67 Å². The summed E-state index contributed by atoms with van der Waals surface area (Å²) in [6.07, 6.45) is 8.72. The molecule has 0 nitrogen and oxygen atoms in total. The summed E-state index contributed by atoms with van der Waals surface area (Å²) in [6.45, 7) is -0.294. The Balaban J connectivity index is 1.49. The Bertz CT molecular complexity index is 647. The first kappa shape index (κ1) is 21.3. The molecule has 1 aromatic rings. The SMILES string of the molecule is FCCC=C[C@H]1CC[C@H]([C@H]2CC[C@H](c3ccc(C(F)(F)F)c(F)c3)CC2)CC1. The molecule has 2 saturated carbocycles. The van der Waals surface area contributed by atoms with Crippen LogP contribution in [0, 0.1) is 23.6 Å². The van der Waals surface area contributed by atoms with E-state index in [2.05, 4.69) is 6.08 Å². The maximum absolute atomic E-state index is 13.9. The first-order valence-corrected chi connectivity index (χ1v) is 10.5. The Labute approximate surface area is 164 Å². The third kappa shape index (κ3) is 5.36. The Morgan fingerprint density at radius 1 is 0.893 bits per heavy atom. The molecule has 0 heterocycles. The molecule has 28 heavy (non-hydrogen) atoms. The molecule has 3 rings (SSSR count). The summed E-state index contributed by atoms with van der Waals surface area (Å²) in [7, 11) is 0. The lowest BCUT2D eigenvalue weighted by Crippen LogP contribution is -2.25. The Morgan fingerprint density at radius 2 is 1.50 bits per heavy atom. The fourth-order valence-electron chi connectivity index (χ4n) is 5.10. The molecule has 0 spiro atoms. The van der Waals surface area contributed by atoms with Crippen LogP contribution in [0.5, 0.6) is 0 Å². The van der Waals surface area contributed by atoms with Gasteiger partial charge < -0.3 is 0 Å². The maximum Gasteiger partial charge on any atom is 0.419 e. The van der Waals surface area contributed by atoms with Gasteiger partial charge >= 0.3 is 6.18 Å². The van der Waals surface area contributed by atoms with Gasteiger partial charge in [-0.1, -0.05) is 18.2 Å². The maximum atomic E-state index is 13.9. The minimum absolute atomic E-state index is 0.160. The molecule has 2 aliphatic rings. The Hall–Kier alpha value is -1.39. The summed E-state index contributed by atoms with van der Waals surface area (Å²) in [5.41, 5.74) is -0.479. The minimum Gasteiger partial charge on any atom is -0.251 e. The van der Waals surface area contributed by atoms with Crippen LogP contribution in [0.2, 0.25) is 0 Å². The first-order valence-electron chi connectivity index (χ1n) is 10.5. The fourth-order valence-corrected chi connectivity index (χ4v) is 5.10. The van der Waals surface area contributed by atoms with E-state index in [1.807, 2.05) is 6.08 Å². The molecule has 1 aromatic carbocycles. The summed E-state index contributed by atoms with van der Waals surface area (Å²) in [5.74, 6) is 0.968. The lowest BCUT2D eigenvalue weighted by molar-refractivity contribution is -0.140. The van der Waals surface area contributed by atoms with Gasteiger partial charge in [-0.25, -0.2) is 4.39 Å². The molecule has 2 fully saturated rings. The van der Waals surface area contributed by atoms with Crippen molar-refractivity contribution in [1.82, 2.24) is 0 Å². The number of alkyl halides is 4. The van der Waals surface area contributed by atoms with Crippen LogP contribution in [0.15, 0.2) is 30.4 Å². The first-order chi connectivity index (χ1) is 13.4. The van der Waals surface area contributed by atoms with Crippen molar-refractivity contribution in [1.29, 1.82) is 0 Å². The molecule has 0 amide bonds. The number of benzene rings is 1. The predicted molar refractivity (Wildman–Crippen MR) is 101 cm³/mol. The quantitative estimate of drug-likeness (QED) is 0.349. The molecule has 0 aromatic heterocycles. The summed E-state index contributed by atoms with van der Waals surface area (Å²) in [4.78, 5) is 0. The minimum atomic E-state index is -4.64. The zero-order chi connectivity index (χ0) is 20.1. The van der Waals surface area contributed by atoms with Crippen molar-refractivity contribution in [3.8, 4) is 0 Å². The van der Waals surface area contributed by atoms with Gasteiger partial charge in [0.15, 0.2) is 0 Å². The predicted octanol–water partition coefficient (Wildman–Crippen LogP) is 7.84. The van der Waals surface area contributed by atoms with Crippen molar-refractivity contribution in [3.05, 3.63) is 47.3 Å². The van der Waals surface area contributed by atoms with E-state index in [9.17, 15) is 22.0 Å². The van der Waals surface area contributed by atoms with Gasteiger partial charge in [0.1, 0.15) is 5.82 Å². The molecular formula is C23H29F5. The van der Waals surface area contributed by atoms with Gasteiger partial charge in [-0.15, -0.1) is 0 Å². The molecule has 0 N–H and O–H groups in total. The Morgan fingerprint density at radius 3 is 2.04 bits per heavy atom. The average Bonchev–Trinajstić information content (AvgIpc) is 2.68. The molecule has 5 heteroatoms. The van der Waals surface area contributed by atoms with Crippen LogP contribution in [0.1, 0.15) is 74.8 Å². The zero-order valence-corrected chi connectivity index (χ0v) is 16.2. The smallest absolute Gasteiger partial charge is 0.251 e. The highest BCUT2D eigenvalue weighted by Crippen LogP contribution is 2.44. The second-order valence-electron chi connectivity index (χ2n) is 8.43. The number of rotatable bonds is 5. The van der Waals surface area contributed by atoms with E-state index in [0.717, 1.165) is 56.6 Å². The van der Waals surface area contributed by atoms with E-state index in [0.29, 0.717) is 23.8 Å². The molecule has 0 atom stereocenters. The largest absolute Gasteiger partial charge is 0.419 e. The summed E-state index contributed by atoms with van der Waals surface area (Å²) in [5, 5.41) is 0. The monoisotopic (exact) mass is 400 g/mol. The number of hydrogen-bond donors (Lipinski definition) is 0. The molecule has 2 aliphatic carbocycles. The van der Waals surface area contributed by atoms with Crippen LogP contribution < -0.4 is 0 Å². The fraction of sp³-hybridized carbons (Fsp3) is 0.652. The van der Waals surface area contributed by atoms with Crippen molar-refractivity contribution in [2.45, 2.75) is 69.9 Å². The van der Waals surface area contributed by atoms with E-state index in [4.69, 9.17) is 0 Å². The average molecular weight is 400 g/mol. The molecule has 0 unspecified atom stereocenters. The van der Waals surface area contributed by atoms with Gasteiger partial charge in [0.2, 0.25) is 0 Å². The van der Waals surface area contributed by atoms with Crippen LogP contribution in [0.4, 0.5) is 22.0 Å². The lowest BCUT2D eigenvalue weighted by Gasteiger charge is -2.37. The van der Waals surface area contributed by atoms with E-state index < -0.39 is 17.6 Å². The second kappa shape index (κ2) is 9.41. The van der Waals surface area contributed by atoms with Gasteiger partial charge in [-0.2, -0.15) is 13.2 Å². The molecule has 0 radical (unpaired) electrons. The summed E-state index contributed by atoms with van der Waals surface area (Å²) >= 11 is 0. The summed E-state index contributed by atoms with van der Waals surface area (Å²) in [6, 6.07) is 3.42. The normalized spacial score (nSPS) is 29.3. The molecule has 156 valence electrons. The van der Waals surface area contributed by atoms with Gasteiger partial charge in [0.05, 0.1) is 12.2 Å². The topological polar surface area (TPSA) is 0 Å². The highest BCUT2D eigenvalue weighted by Gasteiger charge is 2.35. The molecule has 0 aliphatic heterocycles. The van der Waals surface area contributed by atoms with Crippen molar-refractivity contribution >= 4 is 0 Å². The van der Waals surface area contributed by atoms with Gasteiger partial charge in [-0.05, 0) is 99.2 Å². The van der Waals surface area contributed by atoms with E-state index in [1.165, 1.54) is 18.9 Å². The van der Waals surface area contributed by atoms with E-state index in [-0.39, 0.29) is 12.6 Å². The third-order valence-electron chi connectivity index (χ3n) is 6.71. The highest BCUT2D eigenvalue weighted by atomic mass is 19.4. The van der Waals surface area contributed by atoms with Gasteiger partial charge in [-0.3, -0.25) is 4.39 Å². The molecule has 0 bridgehead atoms. The van der Waals surface area contributed by atoms with Gasteiger partial charge in [0, 0.05) is 0 Å². The van der Waals surface area contributed by atoms with Crippen LogP contribution >= 0.6 is 0 Å². The van der Waals surface area contributed by atoms with Crippen LogP contribution in [0.25, 0.3) is 0 Å². The summed E-state index contributed by atoms with van der Waals surface area (Å²) < 4.78 is 64.2. The molecular weight excluding hydrogens is 371 g/mol. The lowest BCUT2D eigenvalue weighted by atomic mass is 9.68. The highest BCUT2D eigenvalue weighted by molar-refractivity contribution is 5.29. The zero-order valence-electron chi connectivity index (χ0n) is 16.2. The van der Waals surface area contributed by atoms with Crippen LogP contribution in [0.3, 0.4) is 0 Å². The molecule has 0 saturated heterocycles. The third-order valence-corrected chi connectivity index (χ3v) is 6.71. The van der Waals surface area contributed by atoms with E-state index in [1.54, 1.807) is 0 Å². The number of allylic oxidation sites excluding steroid dienone is 2. The van der Waals surface area contributed by atoms with Crippen molar-refractivity contribution in [2.24, 2.45) is 17.8 Å². The van der Waals surface area contributed by atoms with Crippen molar-refractivity contribution < 1.29 is 22.0 Å². The Kier molecular flexibility index (Phi) is 7.16. The standard InChI is InChI=1S/C23H29F5/c24-14-2-1-3-16-4-6-17(7-5-16)18-8-10-19(11-9-18)20-12-13-21(22(25)15-20)23(26,27)28/h1,3,12-13,15-19H,2,4-11,14H2/t16-,17-,18-,19-. The van der Waals surface area contributed by atoms with Crippen LogP contribution in [-0.4, -0.2) is 6.67 Å². The van der Waals surface area contributed by atoms with E-state index >= 15 is 0 Å². The van der Waals surface area contributed by atoms with Crippen molar-refractivity contribution in [3.63, 3.8) is 0 Å². The van der Waals surface area contributed by atoms with Gasteiger partial charge in [0.25, 0.3) is 0 Å². The number of halogens is 5. The van der Waals surface area contributed by atoms with Crippen LogP contribution in [-0.2, 0) is 6.18 Å². The number of hydrogen-bond acceptors (Lipinski definition) is 0.